The Hall–Kier alpha value is -4.06. The van der Waals surface area contributed by atoms with Crippen LogP contribution in [0.5, 0.6) is 0 Å². The Labute approximate surface area is 212 Å². The number of aromatic nitrogens is 1. The van der Waals surface area contributed by atoms with Crippen molar-refractivity contribution in [2.45, 2.75) is 45.8 Å². The van der Waals surface area contributed by atoms with Crippen LogP contribution in [0.2, 0.25) is 0 Å². The number of carbonyl (C=O) groups is 2. The van der Waals surface area contributed by atoms with Gasteiger partial charge in [-0.2, -0.15) is 0 Å². The van der Waals surface area contributed by atoms with Crippen LogP contribution in [-0.4, -0.2) is 29.6 Å². The number of nitrogens with one attached hydrogen (secondary N) is 2. The van der Waals surface area contributed by atoms with Gasteiger partial charge in [0.15, 0.2) is 0 Å². The number of aryl methyl sites for hydroxylation is 1. The molecule has 4 rings (SSSR count). The van der Waals surface area contributed by atoms with E-state index in [1.165, 1.54) is 0 Å². The van der Waals surface area contributed by atoms with Crippen LogP contribution in [0, 0.1) is 0 Å². The van der Waals surface area contributed by atoms with E-state index in [1.54, 1.807) is 4.90 Å². The Morgan fingerprint density at radius 2 is 1.61 bits per heavy atom. The number of aromatic amines is 1. The summed E-state index contributed by atoms with van der Waals surface area (Å²) in [6.45, 7) is 5.88. The van der Waals surface area contributed by atoms with E-state index in [1.807, 2.05) is 101 Å². The third-order valence-electron chi connectivity index (χ3n) is 6.06. The summed E-state index contributed by atoms with van der Waals surface area (Å²) in [4.78, 5) is 30.0. The van der Waals surface area contributed by atoms with E-state index in [2.05, 4.69) is 16.4 Å². The van der Waals surface area contributed by atoms with Crippen molar-refractivity contribution in [3.63, 3.8) is 0 Å². The fourth-order valence-electron chi connectivity index (χ4n) is 4.19. The Bertz CT molecular complexity index is 1350. The molecule has 0 saturated carbocycles. The Morgan fingerprint density at radius 3 is 2.36 bits per heavy atom. The second-order valence-electron chi connectivity index (χ2n) is 9.87. The van der Waals surface area contributed by atoms with Gasteiger partial charge in [-0.25, -0.2) is 4.79 Å². The molecule has 6 heteroatoms. The van der Waals surface area contributed by atoms with E-state index < -0.39 is 11.7 Å². The fourth-order valence-corrected chi connectivity index (χ4v) is 4.19. The topological polar surface area (TPSA) is 74.4 Å². The smallest absolute Gasteiger partial charge is 0.407 e. The normalized spacial score (nSPS) is 11.3. The van der Waals surface area contributed by atoms with Crippen LogP contribution in [0.25, 0.3) is 22.0 Å². The number of anilines is 1. The van der Waals surface area contributed by atoms with Crippen molar-refractivity contribution in [3.05, 3.63) is 90.1 Å². The van der Waals surface area contributed by atoms with Gasteiger partial charge in [0.25, 0.3) is 0 Å². The van der Waals surface area contributed by atoms with E-state index in [-0.39, 0.29) is 5.91 Å². The number of alkyl carbamates (subject to hydrolysis) is 1. The van der Waals surface area contributed by atoms with Crippen molar-refractivity contribution in [2.75, 3.05) is 11.9 Å². The molecule has 0 aliphatic rings. The number of fused-ring (bicyclic) bond motifs is 1. The number of hydrogen-bond acceptors (Lipinski definition) is 3. The largest absolute Gasteiger partial charge is 0.444 e. The number of H-pyrrole nitrogens is 1. The van der Waals surface area contributed by atoms with Gasteiger partial charge >= 0.3 is 6.09 Å². The van der Waals surface area contributed by atoms with E-state index >= 15 is 0 Å². The lowest BCUT2D eigenvalue weighted by molar-refractivity contribution is -0.118. The quantitative estimate of drug-likeness (QED) is 0.317. The molecular weight excluding hydrogens is 450 g/mol. The predicted molar refractivity (Wildman–Crippen MR) is 145 cm³/mol. The fraction of sp³-hybridized carbons (Fsp3) is 0.267. The first kappa shape index (κ1) is 25.0. The maximum atomic E-state index is 12.9. The van der Waals surface area contributed by atoms with Crippen LogP contribution in [0.3, 0.4) is 0 Å². The Balaban J connectivity index is 1.40. The van der Waals surface area contributed by atoms with Gasteiger partial charge < -0.3 is 19.9 Å². The van der Waals surface area contributed by atoms with Crippen LogP contribution >= 0.6 is 0 Å². The summed E-state index contributed by atoms with van der Waals surface area (Å²) in [5.74, 6) is 0.0648. The van der Waals surface area contributed by atoms with Crippen molar-refractivity contribution < 1.29 is 14.3 Å². The lowest BCUT2D eigenvalue weighted by Crippen LogP contribution is -2.32. The molecule has 0 fully saturated rings. The highest BCUT2D eigenvalue weighted by Gasteiger charge is 2.17. The number of rotatable bonds is 7. The van der Waals surface area contributed by atoms with Crippen LogP contribution in [-0.2, 0) is 22.5 Å². The van der Waals surface area contributed by atoms with Gasteiger partial charge in [-0.15, -0.1) is 0 Å². The molecule has 1 heterocycles. The third kappa shape index (κ3) is 6.13. The molecule has 1 aromatic heterocycles. The minimum atomic E-state index is -0.543. The van der Waals surface area contributed by atoms with Gasteiger partial charge in [-0.05, 0) is 67.6 Å². The predicted octanol–water partition coefficient (Wildman–Crippen LogP) is 6.46. The maximum absolute atomic E-state index is 12.9. The van der Waals surface area contributed by atoms with Crippen molar-refractivity contribution in [2.24, 2.45) is 0 Å². The molecular formula is C30H33N3O3. The zero-order valence-corrected chi connectivity index (χ0v) is 21.3. The van der Waals surface area contributed by atoms with Crippen LogP contribution in [0.15, 0.2) is 79.0 Å². The summed E-state index contributed by atoms with van der Waals surface area (Å²) in [7, 11) is 1.81. The molecule has 6 nitrogen and oxygen atoms in total. The second kappa shape index (κ2) is 10.7. The molecule has 0 aliphatic carbocycles. The van der Waals surface area contributed by atoms with Crippen molar-refractivity contribution in [1.82, 2.24) is 10.3 Å². The van der Waals surface area contributed by atoms with Gasteiger partial charge in [-0.1, -0.05) is 54.6 Å². The summed E-state index contributed by atoms with van der Waals surface area (Å²) in [5, 5.41) is 3.99. The van der Waals surface area contributed by atoms with Crippen LogP contribution in [0.4, 0.5) is 10.5 Å². The first-order valence-electron chi connectivity index (χ1n) is 12.2. The average molecular weight is 484 g/mol. The van der Waals surface area contributed by atoms with Crippen molar-refractivity contribution in [3.8, 4) is 11.1 Å². The molecule has 3 aromatic carbocycles. The van der Waals surface area contributed by atoms with Gasteiger partial charge in [0.05, 0.1) is 0 Å². The van der Waals surface area contributed by atoms with E-state index in [4.69, 9.17) is 4.74 Å². The Morgan fingerprint density at radius 1 is 0.917 bits per heavy atom. The number of nitrogens with zero attached hydrogens (tertiary/aromatic N) is 1. The highest BCUT2D eigenvalue weighted by Crippen LogP contribution is 2.27. The van der Waals surface area contributed by atoms with E-state index in [9.17, 15) is 9.59 Å². The van der Waals surface area contributed by atoms with Gasteiger partial charge in [0.1, 0.15) is 5.60 Å². The number of ether oxygens (including phenoxy) is 1. The van der Waals surface area contributed by atoms with Gasteiger partial charge in [-0.3, -0.25) is 4.79 Å². The third-order valence-corrected chi connectivity index (χ3v) is 6.06. The number of para-hydroxylation sites is 1. The first-order valence-corrected chi connectivity index (χ1v) is 12.2. The molecule has 0 bridgehead atoms. The second-order valence-corrected chi connectivity index (χ2v) is 9.87. The summed E-state index contributed by atoms with van der Waals surface area (Å²) >= 11 is 0. The zero-order chi connectivity index (χ0) is 25.7. The van der Waals surface area contributed by atoms with Crippen LogP contribution < -0.4 is 10.2 Å². The molecule has 36 heavy (non-hydrogen) atoms. The number of hydrogen-bond donors (Lipinski definition) is 2. The van der Waals surface area contributed by atoms with Crippen LogP contribution in [0.1, 0.15) is 38.3 Å². The monoisotopic (exact) mass is 483 g/mol. The minimum Gasteiger partial charge on any atom is -0.444 e. The summed E-state index contributed by atoms with van der Waals surface area (Å²) in [5.41, 5.74) is 5.56. The molecule has 0 radical (unpaired) electrons. The lowest BCUT2D eigenvalue weighted by atomic mass is 9.99. The van der Waals surface area contributed by atoms with E-state index in [0.29, 0.717) is 19.4 Å². The summed E-state index contributed by atoms with van der Waals surface area (Å²) in [6.07, 6.45) is 2.66. The molecule has 0 aliphatic heterocycles. The highest BCUT2D eigenvalue weighted by atomic mass is 16.6. The summed E-state index contributed by atoms with van der Waals surface area (Å²) in [6, 6.07) is 24.0. The summed E-state index contributed by atoms with van der Waals surface area (Å²) < 4.78 is 5.34. The Kier molecular flexibility index (Phi) is 7.44. The maximum Gasteiger partial charge on any atom is 0.407 e. The SMILES string of the molecule is CN(C(=O)CCc1c[nH]c2ccccc12)c1ccc(-c2ccccc2CNC(=O)OC(C)(C)C)cc1. The molecule has 2 amide bonds. The minimum absolute atomic E-state index is 0.0648. The zero-order valence-electron chi connectivity index (χ0n) is 21.3. The van der Waals surface area contributed by atoms with Gasteiger partial charge in [0, 0.05) is 42.8 Å². The molecule has 0 spiro atoms. The lowest BCUT2D eigenvalue weighted by Gasteiger charge is -2.20. The van der Waals surface area contributed by atoms with Gasteiger partial charge in [0.2, 0.25) is 5.91 Å². The molecule has 0 saturated heterocycles. The molecule has 4 aromatic rings. The average Bonchev–Trinajstić information content (AvgIpc) is 3.28. The highest BCUT2D eigenvalue weighted by molar-refractivity contribution is 5.93. The first-order chi connectivity index (χ1) is 17.2. The van der Waals surface area contributed by atoms with E-state index in [0.717, 1.165) is 38.8 Å². The molecule has 0 unspecified atom stereocenters. The molecule has 0 atom stereocenters. The van der Waals surface area contributed by atoms with Crippen molar-refractivity contribution >= 4 is 28.6 Å². The molecule has 2 N–H and O–H groups in total. The number of carbonyl (C=O) groups excluding carboxylic acids is 2. The van der Waals surface area contributed by atoms with Crippen molar-refractivity contribution in [1.29, 1.82) is 0 Å². The number of benzene rings is 3. The number of amides is 2. The molecule has 186 valence electrons. The standard InChI is InChI=1S/C30H33N3O3/c1-30(2,3)36-29(35)32-20-22-9-5-6-10-25(22)21-13-16-24(17-14-21)33(4)28(34)18-15-23-19-31-27-12-8-7-11-26(23)27/h5-14,16-17,19,31H,15,18,20H2,1-4H3,(H,32,35).